The van der Waals surface area contributed by atoms with Crippen LogP contribution in [0.3, 0.4) is 0 Å². The average molecular weight is 290 g/mol. The number of nitrogens with one attached hydrogen (secondary N) is 1. The number of fused-ring (bicyclic) bond motifs is 3. The van der Waals surface area contributed by atoms with Gasteiger partial charge in [-0.3, -0.25) is 0 Å². The second-order valence-corrected chi connectivity index (χ2v) is 5.88. The van der Waals surface area contributed by atoms with Crippen molar-refractivity contribution in [2.75, 3.05) is 32.8 Å². The van der Waals surface area contributed by atoms with Gasteiger partial charge in [-0.2, -0.15) is 0 Å². The maximum Gasteiger partial charge on any atom is 0.335 e. The van der Waals surface area contributed by atoms with Gasteiger partial charge in [0.2, 0.25) is 0 Å². The molecule has 5 heteroatoms. The molecule has 0 saturated carbocycles. The summed E-state index contributed by atoms with van der Waals surface area (Å²) in [5.74, 6) is 0.502. The van der Waals surface area contributed by atoms with Crippen molar-refractivity contribution in [3.63, 3.8) is 0 Å². The summed E-state index contributed by atoms with van der Waals surface area (Å²) in [6.45, 7) is 5.01. The summed E-state index contributed by atoms with van der Waals surface area (Å²) in [6, 6.07) is 7.22. The fourth-order valence-corrected chi connectivity index (χ4v) is 3.33. The summed E-state index contributed by atoms with van der Waals surface area (Å²) >= 11 is 0. The fourth-order valence-electron chi connectivity index (χ4n) is 3.33. The summed E-state index contributed by atoms with van der Waals surface area (Å²) in [5.41, 5.74) is 0.262. The molecule has 3 aliphatic heterocycles. The van der Waals surface area contributed by atoms with E-state index in [1.54, 1.807) is 24.3 Å². The molecule has 1 atom stereocenters. The molecule has 21 heavy (non-hydrogen) atoms. The lowest BCUT2D eigenvalue weighted by Gasteiger charge is -2.45. The SMILES string of the molecule is O=C(O)c1cccc(OCCNC2CN3CCC2CC3)c1. The Labute approximate surface area is 124 Å². The third kappa shape index (κ3) is 3.54. The molecule has 2 bridgehead atoms. The van der Waals surface area contributed by atoms with Gasteiger partial charge in [0.1, 0.15) is 12.4 Å². The fraction of sp³-hybridized carbons (Fsp3) is 0.562. The first-order valence-electron chi connectivity index (χ1n) is 7.64. The molecule has 0 spiro atoms. The smallest absolute Gasteiger partial charge is 0.335 e. The predicted octanol–water partition coefficient (Wildman–Crippen LogP) is 1.45. The van der Waals surface area contributed by atoms with E-state index in [0.29, 0.717) is 18.4 Å². The van der Waals surface area contributed by atoms with Gasteiger partial charge in [-0.15, -0.1) is 0 Å². The molecular weight excluding hydrogens is 268 g/mol. The van der Waals surface area contributed by atoms with Gasteiger partial charge in [0, 0.05) is 19.1 Å². The second kappa shape index (κ2) is 6.45. The van der Waals surface area contributed by atoms with E-state index < -0.39 is 5.97 Å². The van der Waals surface area contributed by atoms with E-state index >= 15 is 0 Å². The van der Waals surface area contributed by atoms with E-state index in [0.717, 1.165) is 19.0 Å². The van der Waals surface area contributed by atoms with Crippen molar-refractivity contribution < 1.29 is 14.6 Å². The highest BCUT2D eigenvalue weighted by molar-refractivity contribution is 5.87. The monoisotopic (exact) mass is 290 g/mol. The Hall–Kier alpha value is -1.59. The number of carbonyl (C=O) groups is 1. The first-order valence-corrected chi connectivity index (χ1v) is 7.64. The highest BCUT2D eigenvalue weighted by atomic mass is 16.5. The van der Waals surface area contributed by atoms with Crippen molar-refractivity contribution >= 4 is 5.97 Å². The zero-order valence-corrected chi connectivity index (χ0v) is 12.1. The minimum absolute atomic E-state index is 0.262. The van der Waals surface area contributed by atoms with E-state index in [9.17, 15) is 4.79 Å². The van der Waals surface area contributed by atoms with Crippen LogP contribution in [0, 0.1) is 5.92 Å². The number of benzene rings is 1. The third-order valence-electron chi connectivity index (χ3n) is 4.51. The number of aromatic carboxylic acids is 1. The molecule has 114 valence electrons. The van der Waals surface area contributed by atoms with Crippen molar-refractivity contribution in [2.24, 2.45) is 5.92 Å². The quantitative estimate of drug-likeness (QED) is 0.777. The molecule has 1 aromatic rings. The van der Waals surface area contributed by atoms with Crippen LogP contribution in [0.2, 0.25) is 0 Å². The topological polar surface area (TPSA) is 61.8 Å². The van der Waals surface area contributed by atoms with Gasteiger partial charge in [0.05, 0.1) is 5.56 Å². The molecule has 0 aromatic heterocycles. The molecule has 1 aromatic carbocycles. The van der Waals surface area contributed by atoms with Crippen LogP contribution in [0.5, 0.6) is 5.75 Å². The highest BCUT2D eigenvalue weighted by Gasteiger charge is 2.33. The maximum atomic E-state index is 10.9. The number of carboxylic acids is 1. The van der Waals surface area contributed by atoms with Crippen molar-refractivity contribution in [3.05, 3.63) is 29.8 Å². The van der Waals surface area contributed by atoms with Crippen molar-refractivity contribution in [1.29, 1.82) is 0 Å². The van der Waals surface area contributed by atoms with Crippen LogP contribution < -0.4 is 10.1 Å². The molecule has 2 N–H and O–H groups in total. The number of ether oxygens (including phenoxy) is 1. The summed E-state index contributed by atoms with van der Waals surface area (Å²) in [4.78, 5) is 13.4. The van der Waals surface area contributed by atoms with E-state index in [1.807, 2.05) is 0 Å². The molecule has 0 aliphatic carbocycles. The van der Waals surface area contributed by atoms with Gasteiger partial charge < -0.3 is 20.1 Å². The molecule has 4 rings (SSSR count). The molecule has 5 nitrogen and oxygen atoms in total. The molecule has 1 unspecified atom stereocenters. The maximum absolute atomic E-state index is 10.9. The first kappa shape index (κ1) is 14.4. The van der Waals surface area contributed by atoms with Gasteiger partial charge in [0.25, 0.3) is 0 Å². The van der Waals surface area contributed by atoms with E-state index in [4.69, 9.17) is 9.84 Å². The predicted molar refractivity (Wildman–Crippen MR) is 79.9 cm³/mol. The van der Waals surface area contributed by atoms with Crippen molar-refractivity contribution in [3.8, 4) is 5.75 Å². The second-order valence-electron chi connectivity index (χ2n) is 5.88. The number of hydrogen-bond acceptors (Lipinski definition) is 4. The minimum Gasteiger partial charge on any atom is -0.492 e. The third-order valence-corrected chi connectivity index (χ3v) is 4.51. The Morgan fingerprint density at radius 3 is 2.86 bits per heavy atom. The van der Waals surface area contributed by atoms with E-state index in [1.165, 1.54) is 25.9 Å². The Morgan fingerprint density at radius 1 is 1.38 bits per heavy atom. The lowest BCUT2D eigenvalue weighted by atomic mass is 9.84. The van der Waals surface area contributed by atoms with Crippen LogP contribution >= 0.6 is 0 Å². The van der Waals surface area contributed by atoms with Gasteiger partial charge in [-0.1, -0.05) is 6.07 Å². The molecule has 3 aliphatic rings. The molecule has 3 heterocycles. The Balaban J connectivity index is 1.42. The molecule has 0 radical (unpaired) electrons. The normalized spacial score (nSPS) is 27.5. The summed E-state index contributed by atoms with van der Waals surface area (Å²) < 4.78 is 5.63. The van der Waals surface area contributed by atoms with Crippen LogP contribution in [-0.4, -0.2) is 54.8 Å². The molecule has 3 fully saturated rings. The number of carboxylic acid groups (broad SMARTS) is 1. The Kier molecular flexibility index (Phi) is 4.41. The summed E-state index contributed by atoms with van der Waals surface area (Å²) in [7, 11) is 0. The lowest BCUT2D eigenvalue weighted by molar-refractivity contribution is 0.0695. The zero-order valence-electron chi connectivity index (χ0n) is 12.1. The van der Waals surface area contributed by atoms with Gasteiger partial charge in [-0.25, -0.2) is 4.79 Å². The molecule has 0 amide bonds. The lowest BCUT2D eigenvalue weighted by Crippen LogP contribution is -2.56. The van der Waals surface area contributed by atoms with Crippen LogP contribution in [-0.2, 0) is 0 Å². The van der Waals surface area contributed by atoms with Crippen LogP contribution in [0.1, 0.15) is 23.2 Å². The van der Waals surface area contributed by atoms with Crippen LogP contribution in [0.25, 0.3) is 0 Å². The summed E-state index contributed by atoms with van der Waals surface area (Å²) in [6.07, 6.45) is 2.61. The van der Waals surface area contributed by atoms with Gasteiger partial charge >= 0.3 is 5.97 Å². The highest BCUT2D eigenvalue weighted by Crippen LogP contribution is 2.27. The largest absolute Gasteiger partial charge is 0.492 e. The average Bonchev–Trinajstić information content (AvgIpc) is 2.53. The van der Waals surface area contributed by atoms with Crippen molar-refractivity contribution in [2.45, 2.75) is 18.9 Å². The van der Waals surface area contributed by atoms with Gasteiger partial charge in [-0.05, 0) is 50.0 Å². The molecular formula is C16H22N2O3. The van der Waals surface area contributed by atoms with Crippen molar-refractivity contribution in [1.82, 2.24) is 10.2 Å². The number of rotatable bonds is 6. The Bertz CT molecular complexity index is 498. The van der Waals surface area contributed by atoms with Gasteiger partial charge in [0.15, 0.2) is 0 Å². The van der Waals surface area contributed by atoms with E-state index in [2.05, 4.69) is 10.2 Å². The Morgan fingerprint density at radius 2 is 2.19 bits per heavy atom. The number of nitrogens with zero attached hydrogens (tertiary/aromatic N) is 1. The molecule has 3 saturated heterocycles. The van der Waals surface area contributed by atoms with Crippen LogP contribution in [0.15, 0.2) is 24.3 Å². The first-order chi connectivity index (χ1) is 10.2. The zero-order chi connectivity index (χ0) is 14.7. The minimum atomic E-state index is -0.925. The van der Waals surface area contributed by atoms with E-state index in [-0.39, 0.29) is 5.56 Å². The number of hydrogen-bond donors (Lipinski definition) is 2. The van der Waals surface area contributed by atoms with Crippen LogP contribution in [0.4, 0.5) is 0 Å². The standard InChI is InChI=1S/C16H22N2O3/c19-16(20)13-2-1-3-14(10-13)21-9-6-17-15-11-18-7-4-12(15)5-8-18/h1-3,10,12,15,17H,4-9,11H2,(H,19,20). The number of piperidine rings is 3. The summed E-state index contributed by atoms with van der Waals surface area (Å²) in [5, 5.41) is 12.5.